The molecule has 0 aliphatic heterocycles. The minimum atomic E-state index is -0.503. The zero-order valence-corrected chi connectivity index (χ0v) is 9.30. The Labute approximate surface area is 98.6 Å². The smallest absolute Gasteiger partial charge is 0.296 e. The normalized spacial score (nSPS) is 23.6. The van der Waals surface area contributed by atoms with Crippen LogP contribution in [0.4, 0.5) is 11.4 Å². The van der Waals surface area contributed by atoms with Crippen LogP contribution >= 0.6 is 0 Å². The number of hydrogen-bond acceptors (Lipinski definition) is 5. The summed E-state index contributed by atoms with van der Waals surface area (Å²) >= 11 is 0. The molecule has 0 bridgehead atoms. The molecule has 2 atom stereocenters. The van der Waals surface area contributed by atoms with Crippen molar-refractivity contribution in [2.24, 2.45) is 5.73 Å². The van der Waals surface area contributed by atoms with Gasteiger partial charge in [0.25, 0.3) is 5.69 Å². The fourth-order valence-corrected chi connectivity index (χ4v) is 2.16. The van der Waals surface area contributed by atoms with Crippen LogP contribution in [-0.2, 0) is 0 Å². The van der Waals surface area contributed by atoms with Gasteiger partial charge >= 0.3 is 0 Å². The quantitative estimate of drug-likeness (QED) is 0.421. The first-order chi connectivity index (χ1) is 8.06. The van der Waals surface area contributed by atoms with Crippen LogP contribution in [0.15, 0.2) is 18.2 Å². The molecular weight excluding hydrogens is 222 g/mol. The number of nitrogens with two attached hydrogens (primary N) is 1. The van der Waals surface area contributed by atoms with Crippen LogP contribution in [0.1, 0.15) is 19.3 Å². The molecule has 4 N–H and O–H groups in total. The van der Waals surface area contributed by atoms with Crippen molar-refractivity contribution < 1.29 is 10.0 Å². The van der Waals surface area contributed by atoms with Gasteiger partial charge in [0.1, 0.15) is 11.4 Å². The molecule has 1 aromatic rings. The van der Waals surface area contributed by atoms with Crippen molar-refractivity contribution in [3.8, 4) is 5.75 Å². The van der Waals surface area contributed by atoms with E-state index in [-0.39, 0.29) is 23.5 Å². The van der Waals surface area contributed by atoms with Gasteiger partial charge in [0.2, 0.25) is 0 Å². The predicted molar refractivity (Wildman–Crippen MR) is 64.0 cm³/mol. The zero-order valence-electron chi connectivity index (χ0n) is 9.30. The maximum atomic E-state index is 10.8. The lowest BCUT2D eigenvalue weighted by molar-refractivity contribution is -0.384. The largest absolute Gasteiger partial charge is 0.508 e. The molecule has 0 aromatic heterocycles. The summed E-state index contributed by atoms with van der Waals surface area (Å²) in [6.07, 6.45) is 2.67. The lowest BCUT2D eigenvalue weighted by Gasteiger charge is -2.13. The number of anilines is 1. The van der Waals surface area contributed by atoms with Gasteiger partial charge < -0.3 is 16.2 Å². The first-order valence-electron chi connectivity index (χ1n) is 5.56. The van der Waals surface area contributed by atoms with E-state index in [1.165, 1.54) is 12.1 Å². The van der Waals surface area contributed by atoms with Gasteiger partial charge in [0.15, 0.2) is 0 Å². The summed E-state index contributed by atoms with van der Waals surface area (Å²) in [6.45, 7) is 0. The van der Waals surface area contributed by atoms with Crippen molar-refractivity contribution in [3.63, 3.8) is 0 Å². The summed E-state index contributed by atoms with van der Waals surface area (Å²) < 4.78 is 0. The highest BCUT2D eigenvalue weighted by atomic mass is 16.6. The number of aromatic hydroxyl groups is 1. The number of phenols is 1. The zero-order chi connectivity index (χ0) is 12.4. The summed E-state index contributed by atoms with van der Waals surface area (Å²) in [5.74, 6) is -0.106. The summed E-state index contributed by atoms with van der Waals surface area (Å²) in [4.78, 5) is 10.3. The monoisotopic (exact) mass is 237 g/mol. The number of nitrogens with zero attached hydrogens (tertiary/aromatic N) is 1. The molecule has 1 aliphatic carbocycles. The van der Waals surface area contributed by atoms with Gasteiger partial charge in [-0.3, -0.25) is 10.1 Å². The van der Waals surface area contributed by atoms with E-state index in [2.05, 4.69) is 5.32 Å². The lowest BCUT2D eigenvalue weighted by Crippen LogP contribution is -2.21. The first-order valence-corrected chi connectivity index (χ1v) is 5.56. The van der Waals surface area contributed by atoms with E-state index in [4.69, 9.17) is 5.73 Å². The first kappa shape index (κ1) is 11.7. The summed E-state index contributed by atoms with van der Waals surface area (Å²) in [5, 5.41) is 23.2. The molecule has 1 fully saturated rings. The fraction of sp³-hybridized carbons (Fsp3) is 0.455. The molecule has 92 valence electrons. The maximum Gasteiger partial charge on any atom is 0.296 e. The molecule has 2 rings (SSSR count). The van der Waals surface area contributed by atoms with Crippen molar-refractivity contribution in [3.05, 3.63) is 28.3 Å². The molecular formula is C11H15N3O3. The van der Waals surface area contributed by atoms with Crippen LogP contribution < -0.4 is 11.1 Å². The third kappa shape index (κ3) is 2.65. The number of rotatable bonds is 3. The Hall–Kier alpha value is -1.82. The van der Waals surface area contributed by atoms with Crippen molar-refractivity contribution in [2.45, 2.75) is 31.3 Å². The van der Waals surface area contributed by atoms with Crippen molar-refractivity contribution in [1.29, 1.82) is 0 Å². The molecule has 0 radical (unpaired) electrons. The highest BCUT2D eigenvalue weighted by Crippen LogP contribution is 2.31. The molecule has 0 spiro atoms. The molecule has 0 saturated heterocycles. The van der Waals surface area contributed by atoms with Crippen molar-refractivity contribution in [2.75, 3.05) is 5.32 Å². The van der Waals surface area contributed by atoms with Crippen molar-refractivity contribution in [1.82, 2.24) is 0 Å². The SMILES string of the molecule is NC1CCC(Nc2ccc(O)cc2[N+](=O)[O-])C1. The molecule has 0 heterocycles. The Bertz CT molecular complexity index is 436. The van der Waals surface area contributed by atoms with Gasteiger partial charge in [0.05, 0.1) is 11.0 Å². The van der Waals surface area contributed by atoms with E-state index in [0.717, 1.165) is 25.3 Å². The van der Waals surface area contributed by atoms with Crippen LogP contribution in [-0.4, -0.2) is 22.1 Å². The lowest BCUT2D eigenvalue weighted by atomic mass is 10.2. The Morgan fingerprint density at radius 1 is 1.47 bits per heavy atom. The van der Waals surface area contributed by atoms with Crippen LogP contribution in [0.2, 0.25) is 0 Å². The fourth-order valence-electron chi connectivity index (χ4n) is 2.16. The molecule has 6 nitrogen and oxygen atoms in total. The number of nitrogens with one attached hydrogen (secondary N) is 1. The molecule has 1 aliphatic rings. The molecule has 6 heteroatoms. The number of nitro groups is 1. The molecule has 1 aromatic carbocycles. The van der Waals surface area contributed by atoms with E-state index in [0.29, 0.717) is 5.69 Å². The topological polar surface area (TPSA) is 101 Å². The summed E-state index contributed by atoms with van der Waals surface area (Å²) in [7, 11) is 0. The van der Waals surface area contributed by atoms with Crippen molar-refractivity contribution >= 4 is 11.4 Å². The Morgan fingerprint density at radius 3 is 2.82 bits per heavy atom. The average Bonchev–Trinajstić information content (AvgIpc) is 2.66. The summed E-state index contributed by atoms with van der Waals surface area (Å²) in [6, 6.07) is 4.45. The molecule has 0 amide bonds. The van der Waals surface area contributed by atoms with E-state index < -0.39 is 4.92 Å². The van der Waals surface area contributed by atoms with Crippen LogP contribution in [0.5, 0.6) is 5.75 Å². The van der Waals surface area contributed by atoms with Crippen LogP contribution in [0.3, 0.4) is 0 Å². The number of phenolic OH excluding ortho intramolecular Hbond substituents is 1. The van der Waals surface area contributed by atoms with Gasteiger partial charge in [-0.15, -0.1) is 0 Å². The second kappa shape index (κ2) is 4.58. The number of benzene rings is 1. The Balaban J connectivity index is 2.17. The van der Waals surface area contributed by atoms with E-state index in [1.807, 2.05) is 0 Å². The summed E-state index contributed by atoms with van der Waals surface area (Å²) in [5.41, 5.74) is 6.12. The van der Waals surface area contributed by atoms with Gasteiger partial charge in [0, 0.05) is 12.1 Å². The maximum absolute atomic E-state index is 10.8. The van der Waals surface area contributed by atoms with Crippen LogP contribution in [0, 0.1) is 10.1 Å². The third-order valence-corrected chi connectivity index (χ3v) is 3.01. The minimum Gasteiger partial charge on any atom is -0.508 e. The highest BCUT2D eigenvalue weighted by molar-refractivity contribution is 5.64. The van der Waals surface area contributed by atoms with Gasteiger partial charge in [-0.25, -0.2) is 0 Å². The standard InChI is InChI=1S/C11H15N3O3/c12-7-1-2-8(5-7)13-10-4-3-9(15)6-11(10)14(16)17/h3-4,6-8,13,15H,1-2,5,12H2. The second-order valence-electron chi connectivity index (χ2n) is 4.37. The van der Waals surface area contributed by atoms with Gasteiger partial charge in [-0.1, -0.05) is 0 Å². The highest BCUT2D eigenvalue weighted by Gasteiger charge is 2.24. The minimum absolute atomic E-state index is 0.106. The second-order valence-corrected chi connectivity index (χ2v) is 4.37. The Morgan fingerprint density at radius 2 is 2.24 bits per heavy atom. The van der Waals surface area contributed by atoms with E-state index in [1.54, 1.807) is 0 Å². The van der Waals surface area contributed by atoms with E-state index in [9.17, 15) is 15.2 Å². The number of nitro benzene ring substituents is 1. The molecule has 17 heavy (non-hydrogen) atoms. The molecule has 2 unspecified atom stereocenters. The van der Waals surface area contributed by atoms with E-state index >= 15 is 0 Å². The average molecular weight is 237 g/mol. The molecule has 1 saturated carbocycles. The van der Waals surface area contributed by atoms with Crippen LogP contribution in [0.25, 0.3) is 0 Å². The number of hydrogen-bond donors (Lipinski definition) is 3. The third-order valence-electron chi connectivity index (χ3n) is 3.01. The van der Waals surface area contributed by atoms with Gasteiger partial charge in [-0.2, -0.15) is 0 Å². The predicted octanol–water partition coefficient (Wildman–Crippen LogP) is 1.59. The van der Waals surface area contributed by atoms with Gasteiger partial charge in [-0.05, 0) is 31.4 Å². The Kier molecular flexibility index (Phi) is 3.14.